The first kappa shape index (κ1) is 14.9. The number of ether oxygens (including phenoxy) is 1. The predicted molar refractivity (Wildman–Crippen MR) is 74.9 cm³/mol. The average Bonchev–Trinajstić information content (AvgIpc) is 2.33. The molecule has 0 saturated heterocycles. The number of halogens is 1. The molecule has 0 aliphatic carbocycles. The lowest BCUT2D eigenvalue weighted by Gasteiger charge is -2.14. The van der Waals surface area contributed by atoms with Crippen LogP contribution < -0.4 is 4.74 Å². The second kappa shape index (κ2) is 6.66. The number of rotatable bonds is 6. The van der Waals surface area contributed by atoms with Gasteiger partial charge in [-0.05, 0) is 57.7 Å². The van der Waals surface area contributed by atoms with Crippen LogP contribution in [-0.2, 0) is 0 Å². The standard InChI is InChI=1S/C15H20ClNO/c1-12-6-7-13(16)10-14(12)18-9-5-4-8-15(2,3)11-17/h6-7,10H,4-5,8-9H2,1-3H3. The molecule has 0 aromatic heterocycles. The summed E-state index contributed by atoms with van der Waals surface area (Å²) in [5, 5.41) is 9.60. The summed E-state index contributed by atoms with van der Waals surface area (Å²) in [4.78, 5) is 0. The summed E-state index contributed by atoms with van der Waals surface area (Å²) < 4.78 is 5.70. The van der Waals surface area contributed by atoms with Crippen molar-refractivity contribution in [2.45, 2.75) is 40.0 Å². The molecule has 0 aliphatic rings. The summed E-state index contributed by atoms with van der Waals surface area (Å²) >= 11 is 5.92. The van der Waals surface area contributed by atoms with Crippen LogP contribution in [-0.4, -0.2) is 6.61 Å². The summed E-state index contributed by atoms with van der Waals surface area (Å²) in [5.41, 5.74) is 0.864. The fraction of sp³-hybridized carbons (Fsp3) is 0.533. The number of benzene rings is 1. The molecule has 0 unspecified atom stereocenters. The minimum absolute atomic E-state index is 0.230. The molecule has 1 aromatic rings. The maximum absolute atomic E-state index is 8.90. The molecule has 0 heterocycles. The van der Waals surface area contributed by atoms with Crippen LogP contribution in [0.15, 0.2) is 18.2 Å². The van der Waals surface area contributed by atoms with Crippen molar-refractivity contribution < 1.29 is 4.74 Å². The van der Waals surface area contributed by atoms with Crippen molar-refractivity contribution in [2.24, 2.45) is 5.41 Å². The maximum Gasteiger partial charge on any atom is 0.123 e. The van der Waals surface area contributed by atoms with E-state index < -0.39 is 0 Å². The largest absolute Gasteiger partial charge is 0.493 e. The van der Waals surface area contributed by atoms with Gasteiger partial charge < -0.3 is 4.74 Å². The van der Waals surface area contributed by atoms with Crippen LogP contribution in [0.1, 0.15) is 38.7 Å². The molecule has 1 rings (SSSR count). The number of aryl methyl sites for hydroxylation is 1. The van der Waals surface area contributed by atoms with Gasteiger partial charge in [0.2, 0.25) is 0 Å². The highest BCUT2D eigenvalue weighted by atomic mass is 35.5. The van der Waals surface area contributed by atoms with Gasteiger partial charge in [-0.2, -0.15) is 5.26 Å². The van der Waals surface area contributed by atoms with Crippen molar-refractivity contribution in [2.75, 3.05) is 6.61 Å². The number of nitriles is 1. The smallest absolute Gasteiger partial charge is 0.123 e. The van der Waals surface area contributed by atoms with Gasteiger partial charge in [0.25, 0.3) is 0 Å². The molecule has 0 radical (unpaired) electrons. The van der Waals surface area contributed by atoms with Gasteiger partial charge in [-0.25, -0.2) is 0 Å². The van der Waals surface area contributed by atoms with E-state index in [2.05, 4.69) is 6.07 Å². The van der Waals surface area contributed by atoms with Crippen LogP contribution in [0.25, 0.3) is 0 Å². The molecule has 0 atom stereocenters. The Morgan fingerprint density at radius 1 is 1.33 bits per heavy atom. The second-order valence-corrected chi connectivity index (χ2v) is 5.65. The number of unbranched alkanes of at least 4 members (excludes halogenated alkanes) is 1. The zero-order valence-electron chi connectivity index (χ0n) is 11.3. The van der Waals surface area contributed by atoms with Gasteiger partial charge in [-0.15, -0.1) is 0 Å². The molecule has 0 spiro atoms. The van der Waals surface area contributed by atoms with Gasteiger partial charge in [0.1, 0.15) is 5.75 Å². The van der Waals surface area contributed by atoms with Crippen LogP contribution in [0.5, 0.6) is 5.75 Å². The molecule has 0 aliphatic heterocycles. The lowest BCUT2D eigenvalue weighted by Crippen LogP contribution is -2.08. The van der Waals surface area contributed by atoms with Crippen LogP contribution >= 0.6 is 11.6 Å². The van der Waals surface area contributed by atoms with Crippen LogP contribution in [0.4, 0.5) is 0 Å². The van der Waals surface area contributed by atoms with E-state index in [-0.39, 0.29) is 5.41 Å². The SMILES string of the molecule is Cc1ccc(Cl)cc1OCCCCC(C)(C)C#N. The highest BCUT2D eigenvalue weighted by Gasteiger charge is 2.15. The molecule has 2 nitrogen and oxygen atoms in total. The van der Waals surface area contributed by atoms with E-state index in [1.54, 1.807) is 0 Å². The summed E-state index contributed by atoms with van der Waals surface area (Å²) in [5.74, 6) is 0.849. The van der Waals surface area contributed by atoms with Gasteiger partial charge in [0.05, 0.1) is 18.1 Å². The fourth-order valence-electron chi connectivity index (χ4n) is 1.64. The maximum atomic E-state index is 8.90. The van der Waals surface area contributed by atoms with E-state index in [1.165, 1.54) is 0 Å². The molecule has 98 valence electrons. The van der Waals surface area contributed by atoms with E-state index >= 15 is 0 Å². The van der Waals surface area contributed by atoms with Crippen molar-refractivity contribution in [3.05, 3.63) is 28.8 Å². The monoisotopic (exact) mass is 265 g/mol. The Morgan fingerprint density at radius 2 is 2.06 bits per heavy atom. The van der Waals surface area contributed by atoms with Gasteiger partial charge >= 0.3 is 0 Å². The summed E-state index contributed by atoms with van der Waals surface area (Å²) in [7, 11) is 0. The zero-order chi connectivity index (χ0) is 13.6. The summed E-state index contributed by atoms with van der Waals surface area (Å²) in [6.45, 7) is 6.61. The molecule has 1 aromatic carbocycles. The molecular weight excluding hydrogens is 246 g/mol. The Morgan fingerprint density at radius 3 is 2.72 bits per heavy atom. The molecule has 3 heteroatoms. The van der Waals surface area contributed by atoms with Gasteiger partial charge in [-0.3, -0.25) is 0 Å². The predicted octanol–water partition coefficient (Wildman–Crippen LogP) is 4.75. The first-order valence-electron chi connectivity index (χ1n) is 6.25. The lowest BCUT2D eigenvalue weighted by molar-refractivity contribution is 0.293. The first-order chi connectivity index (χ1) is 8.44. The van der Waals surface area contributed by atoms with E-state index in [0.717, 1.165) is 30.6 Å². The van der Waals surface area contributed by atoms with Gasteiger partial charge in [0.15, 0.2) is 0 Å². The molecule has 0 amide bonds. The van der Waals surface area contributed by atoms with Crippen molar-refractivity contribution >= 4 is 11.6 Å². The number of nitrogens with zero attached hydrogens (tertiary/aromatic N) is 1. The average molecular weight is 266 g/mol. The summed E-state index contributed by atoms with van der Waals surface area (Å²) in [6.07, 6.45) is 2.86. The van der Waals surface area contributed by atoms with E-state index in [4.69, 9.17) is 21.6 Å². The minimum Gasteiger partial charge on any atom is -0.493 e. The van der Waals surface area contributed by atoms with E-state index in [1.807, 2.05) is 39.0 Å². The Kier molecular flexibility index (Phi) is 5.50. The Bertz CT molecular complexity index is 435. The lowest BCUT2D eigenvalue weighted by atomic mass is 9.89. The first-order valence-corrected chi connectivity index (χ1v) is 6.62. The highest BCUT2D eigenvalue weighted by Crippen LogP contribution is 2.24. The minimum atomic E-state index is -0.230. The van der Waals surface area contributed by atoms with Crippen molar-refractivity contribution in [3.63, 3.8) is 0 Å². The third kappa shape index (κ3) is 4.98. The molecule has 0 N–H and O–H groups in total. The highest BCUT2D eigenvalue weighted by molar-refractivity contribution is 6.30. The fourth-order valence-corrected chi connectivity index (χ4v) is 1.80. The zero-order valence-corrected chi connectivity index (χ0v) is 12.0. The number of hydrogen-bond donors (Lipinski definition) is 0. The number of hydrogen-bond acceptors (Lipinski definition) is 2. The quantitative estimate of drug-likeness (QED) is 0.696. The molecule has 0 fully saturated rings. The van der Waals surface area contributed by atoms with Crippen LogP contribution in [0, 0.1) is 23.7 Å². The normalized spacial score (nSPS) is 11.1. The topological polar surface area (TPSA) is 33.0 Å². The molecule has 0 saturated carbocycles. The van der Waals surface area contributed by atoms with Crippen LogP contribution in [0.3, 0.4) is 0 Å². The molecular formula is C15H20ClNO. The second-order valence-electron chi connectivity index (χ2n) is 5.21. The van der Waals surface area contributed by atoms with Gasteiger partial charge in [0, 0.05) is 5.02 Å². The van der Waals surface area contributed by atoms with Gasteiger partial charge in [-0.1, -0.05) is 17.7 Å². The van der Waals surface area contributed by atoms with Crippen molar-refractivity contribution in [1.82, 2.24) is 0 Å². The van der Waals surface area contributed by atoms with E-state index in [0.29, 0.717) is 11.6 Å². The summed E-state index contributed by atoms with van der Waals surface area (Å²) in [6, 6.07) is 7.97. The van der Waals surface area contributed by atoms with Crippen molar-refractivity contribution in [1.29, 1.82) is 5.26 Å². The third-order valence-corrected chi connectivity index (χ3v) is 3.14. The molecule has 18 heavy (non-hydrogen) atoms. The Balaban J connectivity index is 2.30. The van der Waals surface area contributed by atoms with E-state index in [9.17, 15) is 0 Å². The third-order valence-electron chi connectivity index (χ3n) is 2.91. The molecule has 0 bridgehead atoms. The Hall–Kier alpha value is -1.20. The Labute approximate surface area is 115 Å². The van der Waals surface area contributed by atoms with Crippen LogP contribution in [0.2, 0.25) is 5.02 Å². The van der Waals surface area contributed by atoms with Crippen molar-refractivity contribution in [3.8, 4) is 11.8 Å².